The summed E-state index contributed by atoms with van der Waals surface area (Å²) in [6, 6.07) is 14.6. The Bertz CT molecular complexity index is 981. The molecule has 32 heavy (non-hydrogen) atoms. The van der Waals surface area contributed by atoms with Gasteiger partial charge in [0.2, 0.25) is 0 Å². The van der Waals surface area contributed by atoms with Crippen LogP contribution in [0, 0.1) is 53.6 Å². The number of para-hydroxylation sites is 1. The number of benzene rings is 2. The van der Waals surface area contributed by atoms with Crippen molar-refractivity contribution in [2.75, 3.05) is 42.9 Å². The summed E-state index contributed by atoms with van der Waals surface area (Å²) < 4.78 is 13.3. The first-order chi connectivity index (χ1) is 14.8. The summed E-state index contributed by atoms with van der Waals surface area (Å²) in [5.74, 6) is 0.502. The molecule has 2 unspecified atom stereocenters. The molecule has 0 radical (unpaired) electrons. The summed E-state index contributed by atoms with van der Waals surface area (Å²) in [5.41, 5.74) is 8.66. The van der Waals surface area contributed by atoms with E-state index in [4.69, 9.17) is 0 Å². The fourth-order valence-electron chi connectivity index (χ4n) is 5.99. The van der Waals surface area contributed by atoms with Crippen LogP contribution in [0.2, 0.25) is 0 Å². The fraction of sp³-hybridized carbons (Fsp3) is 0.444. The van der Waals surface area contributed by atoms with Crippen LogP contribution < -0.4 is 10.2 Å². The zero-order valence-corrected chi connectivity index (χ0v) is 21.6. The number of rotatable bonds is 5. The summed E-state index contributed by atoms with van der Waals surface area (Å²) in [7, 11) is 0. The van der Waals surface area contributed by atoms with Gasteiger partial charge in [-0.05, 0) is 73.5 Å². The van der Waals surface area contributed by atoms with Gasteiger partial charge in [0.25, 0.3) is 0 Å². The van der Waals surface area contributed by atoms with E-state index in [0.29, 0.717) is 12.0 Å². The molecule has 170 valence electrons. The largest absolute Gasteiger partial charge is 0.382 e. The van der Waals surface area contributed by atoms with Gasteiger partial charge in [-0.15, -0.1) is 0 Å². The Kier molecular flexibility index (Phi) is 7.62. The van der Waals surface area contributed by atoms with Crippen molar-refractivity contribution >= 4 is 16.9 Å². The van der Waals surface area contributed by atoms with Gasteiger partial charge >= 0.3 is 0 Å². The van der Waals surface area contributed by atoms with E-state index in [1.54, 1.807) is 23.3 Å². The molecule has 2 atom stereocenters. The smallest absolute Gasteiger partial charge is 0.123 e. The molecule has 4 aliphatic rings. The number of nitrogens with zero attached hydrogens (tertiary/aromatic N) is 2. The van der Waals surface area contributed by atoms with E-state index in [1.807, 2.05) is 12.1 Å². The molecule has 1 saturated heterocycles. The Morgan fingerprint density at radius 1 is 1.06 bits per heavy atom. The van der Waals surface area contributed by atoms with Gasteiger partial charge in [0, 0.05) is 78.5 Å². The Hall–Kier alpha value is -0.992. The minimum Gasteiger partial charge on any atom is -0.382 e. The van der Waals surface area contributed by atoms with Gasteiger partial charge in [-0.2, -0.15) is 0 Å². The SMILES string of the molecule is Fc1ccc(C(CCCN2CCC3C(C2)c2cccc4c2N3CCN4)=C2CC2)cc1.[CH3-].[Sm]. The van der Waals surface area contributed by atoms with E-state index < -0.39 is 0 Å². The second-order valence-corrected chi connectivity index (χ2v) is 9.32. The van der Waals surface area contributed by atoms with Crippen LogP contribution in [0.25, 0.3) is 5.57 Å². The molecule has 3 aliphatic heterocycles. The second kappa shape index (κ2) is 10.1. The summed E-state index contributed by atoms with van der Waals surface area (Å²) in [6.07, 6.45) is 6.02. The van der Waals surface area contributed by atoms with Crippen LogP contribution in [-0.2, 0) is 0 Å². The minimum atomic E-state index is -0.144. The Labute approximate surface area is 224 Å². The molecule has 5 heteroatoms. The maximum absolute atomic E-state index is 13.3. The molecule has 2 aromatic rings. The van der Waals surface area contributed by atoms with E-state index in [9.17, 15) is 4.39 Å². The summed E-state index contributed by atoms with van der Waals surface area (Å²) >= 11 is 0. The van der Waals surface area contributed by atoms with Crippen molar-refractivity contribution in [3.63, 3.8) is 0 Å². The summed E-state index contributed by atoms with van der Waals surface area (Å²) in [6.45, 7) is 5.75. The second-order valence-electron chi connectivity index (χ2n) is 9.32. The van der Waals surface area contributed by atoms with Gasteiger partial charge in [-0.3, -0.25) is 0 Å². The molecule has 0 spiro atoms. The number of fused-ring (bicyclic) bond motifs is 3. The third-order valence-corrected chi connectivity index (χ3v) is 7.50. The number of hydrogen-bond donors (Lipinski definition) is 1. The number of hydrogen-bond acceptors (Lipinski definition) is 3. The zero-order chi connectivity index (χ0) is 20.1. The van der Waals surface area contributed by atoms with Crippen molar-refractivity contribution in [3.05, 3.63) is 72.4 Å². The Balaban J connectivity index is 0.00000122. The quantitative estimate of drug-likeness (QED) is 0.467. The first-order valence-electron chi connectivity index (χ1n) is 11.6. The normalized spacial score (nSPS) is 22.8. The number of halogens is 1. The van der Waals surface area contributed by atoms with Crippen LogP contribution in [-0.4, -0.2) is 43.7 Å². The van der Waals surface area contributed by atoms with E-state index >= 15 is 0 Å². The summed E-state index contributed by atoms with van der Waals surface area (Å²) in [5, 5.41) is 3.59. The molecule has 6 rings (SSSR count). The van der Waals surface area contributed by atoms with E-state index in [0.717, 1.165) is 26.1 Å². The van der Waals surface area contributed by atoms with Gasteiger partial charge in [0.15, 0.2) is 0 Å². The van der Waals surface area contributed by atoms with Crippen molar-refractivity contribution < 1.29 is 44.8 Å². The molecule has 2 fully saturated rings. The maximum Gasteiger partial charge on any atom is 0.123 e. The van der Waals surface area contributed by atoms with Gasteiger partial charge < -0.3 is 22.5 Å². The molecular weight excluding hydrogens is 536 g/mol. The number of piperidine rings is 1. The van der Waals surface area contributed by atoms with Crippen LogP contribution in [0.15, 0.2) is 48.0 Å². The van der Waals surface area contributed by atoms with Gasteiger partial charge in [0.1, 0.15) is 5.82 Å². The third kappa shape index (κ3) is 4.51. The van der Waals surface area contributed by atoms with Crippen LogP contribution >= 0.6 is 0 Å². The van der Waals surface area contributed by atoms with Crippen LogP contribution in [0.4, 0.5) is 15.8 Å². The Morgan fingerprint density at radius 3 is 2.66 bits per heavy atom. The zero-order valence-electron chi connectivity index (χ0n) is 18.9. The standard InChI is InChI=1S/C26H30FN3.CH3.Sm/c27-20-10-8-19(9-11-20)21(18-6-7-18)4-2-14-29-15-12-25-23(17-29)22-3-1-5-24-26(22)30(25)16-13-28-24;;/h1,3,5,8-11,23,25,28H,2,4,6-7,12-17H2;1H3;/q;-1;. The topological polar surface area (TPSA) is 18.5 Å². The predicted molar refractivity (Wildman–Crippen MR) is 128 cm³/mol. The van der Waals surface area contributed by atoms with Crippen LogP contribution in [0.5, 0.6) is 0 Å². The van der Waals surface area contributed by atoms with Crippen molar-refractivity contribution in [1.82, 2.24) is 4.90 Å². The monoisotopic (exact) mass is 570 g/mol. The molecule has 2 aromatic carbocycles. The fourth-order valence-corrected chi connectivity index (χ4v) is 5.99. The van der Waals surface area contributed by atoms with Gasteiger partial charge in [-0.1, -0.05) is 29.8 Å². The first-order valence-corrected chi connectivity index (χ1v) is 11.6. The molecule has 1 N–H and O–H groups in total. The first kappa shape index (κ1) is 24.1. The van der Waals surface area contributed by atoms with Gasteiger partial charge in [0.05, 0.1) is 11.4 Å². The van der Waals surface area contributed by atoms with Crippen molar-refractivity contribution in [2.24, 2.45) is 0 Å². The van der Waals surface area contributed by atoms with E-state index in [1.165, 1.54) is 61.3 Å². The molecule has 0 amide bonds. The van der Waals surface area contributed by atoms with Crippen LogP contribution in [0.3, 0.4) is 0 Å². The van der Waals surface area contributed by atoms with Gasteiger partial charge in [-0.25, -0.2) is 4.39 Å². The Morgan fingerprint density at radius 2 is 1.88 bits per heavy atom. The number of allylic oxidation sites excluding steroid dienone is 2. The molecular formula is C27H33FN3Sm-. The molecule has 1 aliphatic carbocycles. The number of nitrogens with one attached hydrogen (secondary N) is 1. The van der Waals surface area contributed by atoms with Crippen molar-refractivity contribution in [3.8, 4) is 0 Å². The number of anilines is 2. The molecule has 0 aromatic heterocycles. The molecule has 0 bridgehead atoms. The minimum absolute atomic E-state index is 0. The number of likely N-dealkylation sites (tertiary alicyclic amines) is 1. The molecule has 1 saturated carbocycles. The average molecular weight is 569 g/mol. The van der Waals surface area contributed by atoms with Crippen molar-refractivity contribution in [1.29, 1.82) is 0 Å². The van der Waals surface area contributed by atoms with E-state index in [2.05, 4.69) is 33.3 Å². The molecule has 3 nitrogen and oxygen atoms in total. The van der Waals surface area contributed by atoms with E-state index in [-0.39, 0.29) is 53.6 Å². The summed E-state index contributed by atoms with van der Waals surface area (Å²) in [4.78, 5) is 5.37. The predicted octanol–water partition coefficient (Wildman–Crippen LogP) is 5.71. The third-order valence-electron chi connectivity index (χ3n) is 7.50. The van der Waals surface area contributed by atoms with Crippen LogP contribution in [0.1, 0.15) is 49.1 Å². The average Bonchev–Trinajstić information content (AvgIpc) is 3.57. The maximum atomic E-state index is 13.3. The van der Waals surface area contributed by atoms with Crippen molar-refractivity contribution in [2.45, 2.75) is 44.1 Å². The molecule has 3 heterocycles.